The maximum atomic E-state index is 13.9. The summed E-state index contributed by atoms with van der Waals surface area (Å²) >= 11 is 5.98. The van der Waals surface area contributed by atoms with Gasteiger partial charge in [-0.05, 0) is 49.6 Å². The third kappa shape index (κ3) is 7.82. The van der Waals surface area contributed by atoms with Gasteiger partial charge in [-0.1, -0.05) is 57.6 Å². The van der Waals surface area contributed by atoms with Crippen LogP contribution in [0.4, 0.5) is 4.39 Å². The molecule has 1 aromatic carbocycles. The van der Waals surface area contributed by atoms with Crippen molar-refractivity contribution in [3.05, 3.63) is 34.6 Å². The molecule has 0 radical (unpaired) electrons. The molecule has 1 N–H and O–H groups in total. The molecule has 0 saturated heterocycles. The lowest BCUT2D eigenvalue weighted by atomic mass is 9.99. The predicted octanol–water partition coefficient (Wildman–Crippen LogP) is 5.75. The van der Waals surface area contributed by atoms with Crippen molar-refractivity contribution in [2.45, 2.75) is 71.3 Å². The molecular formula is C18H29ClFN. The smallest absolute Gasteiger partial charge is 0.126 e. The fourth-order valence-electron chi connectivity index (χ4n) is 2.58. The largest absolute Gasteiger partial charge is 0.314 e. The summed E-state index contributed by atoms with van der Waals surface area (Å²) in [6.07, 6.45) is 9.31. The molecule has 0 saturated carbocycles. The molecule has 1 atom stereocenters. The zero-order valence-corrected chi connectivity index (χ0v) is 14.2. The van der Waals surface area contributed by atoms with E-state index in [1.54, 1.807) is 12.1 Å². The average Bonchev–Trinajstić information content (AvgIpc) is 2.47. The first-order valence-electron chi connectivity index (χ1n) is 8.34. The molecule has 0 bridgehead atoms. The highest BCUT2D eigenvalue weighted by Gasteiger charge is 2.12. The molecule has 1 nitrogen and oxygen atoms in total. The van der Waals surface area contributed by atoms with Gasteiger partial charge in [0, 0.05) is 11.1 Å². The van der Waals surface area contributed by atoms with Crippen LogP contribution in [0.25, 0.3) is 0 Å². The lowest BCUT2D eigenvalue weighted by Gasteiger charge is -2.19. The Kier molecular flexibility index (Phi) is 9.69. The summed E-state index contributed by atoms with van der Waals surface area (Å²) in [6, 6.07) is 5.18. The number of halogens is 2. The third-order valence-corrected chi connectivity index (χ3v) is 4.05. The Morgan fingerprint density at radius 3 is 2.57 bits per heavy atom. The van der Waals surface area contributed by atoms with E-state index in [0.717, 1.165) is 31.4 Å². The predicted molar refractivity (Wildman–Crippen MR) is 90.6 cm³/mol. The molecule has 0 aliphatic heterocycles. The van der Waals surface area contributed by atoms with Crippen molar-refractivity contribution in [2.24, 2.45) is 0 Å². The molecule has 3 heteroatoms. The van der Waals surface area contributed by atoms with Crippen molar-refractivity contribution in [3.63, 3.8) is 0 Å². The first kappa shape index (κ1) is 18.4. The summed E-state index contributed by atoms with van der Waals surface area (Å²) in [5.41, 5.74) is 0.727. The SMILES string of the molecule is CCCCCCCC(Cc1cc(Cl)ccc1F)NCCC. The Morgan fingerprint density at radius 1 is 1.10 bits per heavy atom. The summed E-state index contributed by atoms with van der Waals surface area (Å²) in [5, 5.41) is 4.16. The Labute approximate surface area is 134 Å². The van der Waals surface area contributed by atoms with Gasteiger partial charge in [-0.2, -0.15) is 0 Å². The van der Waals surface area contributed by atoms with Gasteiger partial charge in [0.2, 0.25) is 0 Å². The second-order valence-corrected chi connectivity index (χ2v) is 6.23. The first-order chi connectivity index (χ1) is 10.2. The maximum absolute atomic E-state index is 13.9. The number of rotatable bonds is 11. The Hall–Kier alpha value is -0.600. The normalized spacial score (nSPS) is 12.6. The van der Waals surface area contributed by atoms with E-state index in [9.17, 15) is 4.39 Å². The quantitative estimate of drug-likeness (QED) is 0.513. The van der Waals surface area contributed by atoms with Crippen LogP contribution in [0.15, 0.2) is 18.2 Å². The van der Waals surface area contributed by atoms with Crippen molar-refractivity contribution in [3.8, 4) is 0 Å². The molecule has 0 aromatic heterocycles. The monoisotopic (exact) mass is 313 g/mol. The molecule has 1 unspecified atom stereocenters. The summed E-state index contributed by atoms with van der Waals surface area (Å²) in [5.74, 6) is -0.145. The molecule has 0 spiro atoms. The molecule has 1 rings (SSSR count). The van der Waals surface area contributed by atoms with Gasteiger partial charge in [-0.25, -0.2) is 4.39 Å². The highest BCUT2D eigenvalue weighted by molar-refractivity contribution is 6.30. The van der Waals surface area contributed by atoms with Crippen LogP contribution in [-0.2, 0) is 6.42 Å². The van der Waals surface area contributed by atoms with Gasteiger partial charge in [0.05, 0.1) is 0 Å². The lowest BCUT2D eigenvalue weighted by Crippen LogP contribution is -2.32. The Bertz CT molecular complexity index is 395. The summed E-state index contributed by atoms with van der Waals surface area (Å²) in [4.78, 5) is 0. The van der Waals surface area contributed by atoms with Gasteiger partial charge < -0.3 is 5.32 Å². The van der Waals surface area contributed by atoms with Crippen LogP contribution in [-0.4, -0.2) is 12.6 Å². The van der Waals surface area contributed by atoms with Gasteiger partial charge in [0.1, 0.15) is 5.82 Å². The second kappa shape index (κ2) is 11.0. The van der Waals surface area contributed by atoms with Crippen molar-refractivity contribution >= 4 is 11.6 Å². The van der Waals surface area contributed by atoms with Crippen LogP contribution in [0, 0.1) is 5.82 Å². The number of hydrogen-bond donors (Lipinski definition) is 1. The number of benzene rings is 1. The highest BCUT2D eigenvalue weighted by Crippen LogP contribution is 2.18. The fraction of sp³-hybridized carbons (Fsp3) is 0.667. The summed E-state index contributed by atoms with van der Waals surface area (Å²) in [7, 11) is 0. The van der Waals surface area contributed by atoms with Crippen molar-refractivity contribution in [1.82, 2.24) is 5.32 Å². The van der Waals surface area contributed by atoms with E-state index in [1.807, 2.05) is 0 Å². The highest BCUT2D eigenvalue weighted by atomic mass is 35.5. The minimum absolute atomic E-state index is 0.145. The standard InChI is InChI=1S/C18H29ClFN/c1-3-5-6-7-8-9-17(21-12-4-2)14-15-13-16(19)10-11-18(15)20/h10-11,13,17,21H,3-9,12,14H2,1-2H3. The van der Waals surface area contributed by atoms with E-state index in [1.165, 1.54) is 38.2 Å². The van der Waals surface area contributed by atoms with E-state index in [-0.39, 0.29) is 5.82 Å². The minimum Gasteiger partial charge on any atom is -0.314 e. The van der Waals surface area contributed by atoms with Crippen molar-refractivity contribution in [1.29, 1.82) is 0 Å². The van der Waals surface area contributed by atoms with Crippen LogP contribution in [0.3, 0.4) is 0 Å². The molecule has 0 aliphatic rings. The molecule has 0 amide bonds. The molecule has 0 heterocycles. The lowest BCUT2D eigenvalue weighted by molar-refractivity contribution is 0.444. The minimum atomic E-state index is -0.145. The van der Waals surface area contributed by atoms with E-state index in [0.29, 0.717) is 11.1 Å². The van der Waals surface area contributed by atoms with Gasteiger partial charge >= 0.3 is 0 Å². The van der Waals surface area contributed by atoms with Crippen molar-refractivity contribution in [2.75, 3.05) is 6.54 Å². The zero-order chi connectivity index (χ0) is 15.5. The third-order valence-electron chi connectivity index (χ3n) is 3.81. The van der Waals surface area contributed by atoms with Crippen LogP contribution in [0.2, 0.25) is 5.02 Å². The van der Waals surface area contributed by atoms with Crippen LogP contribution < -0.4 is 5.32 Å². The van der Waals surface area contributed by atoms with Crippen LogP contribution >= 0.6 is 11.6 Å². The van der Waals surface area contributed by atoms with Crippen LogP contribution in [0.5, 0.6) is 0 Å². The van der Waals surface area contributed by atoms with Crippen LogP contribution in [0.1, 0.15) is 64.4 Å². The van der Waals surface area contributed by atoms with E-state index < -0.39 is 0 Å². The van der Waals surface area contributed by atoms with Gasteiger partial charge in [-0.3, -0.25) is 0 Å². The van der Waals surface area contributed by atoms with Crippen molar-refractivity contribution < 1.29 is 4.39 Å². The summed E-state index contributed by atoms with van der Waals surface area (Å²) < 4.78 is 13.9. The zero-order valence-electron chi connectivity index (χ0n) is 13.4. The van der Waals surface area contributed by atoms with Gasteiger partial charge in [0.15, 0.2) is 0 Å². The molecular weight excluding hydrogens is 285 g/mol. The average molecular weight is 314 g/mol. The Balaban J connectivity index is 2.50. The number of unbranched alkanes of at least 4 members (excludes halogenated alkanes) is 4. The molecule has 0 aliphatic carbocycles. The topological polar surface area (TPSA) is 12.0 Å². The van der Waals surface area contributed by atoms with E-state index >= 15 is 0 Å². The van der Waals surface area contributed by atoms with Gasteiger partial charge in [0.25, 0.3) is 0 Å². The first-order valence-corrected chi connectivity index (χ1v) is 8.72. The number of nitrogens with one attached hydrogen (secondary N) is 1. The maximum Gasteiger partial charge on any atom is 0.126 e. The molecule has 21 heavy (non-hydrogen) atoms. The second-order valence-electron chi connectivity index (χ2n) is 5.79. The van der Waals surface area contributed by atoms with Gasteiger partial charge in [-0.15, -0.1) is 0 Å². The Morgan fingerprint density at radius 2 is 1.86 bits per heavy atom. The van der Waals surface area contributed by atoms with E-state index in [4.69, 9.17) is 11.6 Å². The summed E-state index contributed by atoms with van der Waals surface area (Å²) in [6.45, 7) is 5.38. The molecule has 120 valence electrons. The van der Waals surface area contributed by atoms with E-state index in [2.05, 4.69) is 19.2 Å². The number of hydrogen-bond acceptors (Lipinski definition) is 1. The molecule has 1 aromatic rings. The fourth-order valence-corrected chi connectivity index (χ4v) is 2.78. The molecule has 0 fully saturated rings.